The molecule has 0 bridgehead atoms. The van der Waals surface area contributed by atoms with Crippen LogP contribution in [0.25, 0.3) is 11.3 Å². The van der Waals surface area contributed by atoms with Crippen LogP contribution in [0.3, 0.4) is 0 Å². The van der Waals surface area contributed by atoms with Crippen molar-refractivity contribution in [3.63, 3.8) is 0 Å². The van der Waals surface area contributed by atoms with E-state index in [1.54, 1.807) is 0 Å². The van der Waals surface area contributed by atoms with E-state index in [2.05, 4.69) is 10.3 Å². The van der Waals surface area contributed by atoms with Gasteiger partial charge in [0.1, 0.15) is 11.6 Å². The van der Waals surface area contributed by atoms with Gasteiger partial charge in [-0.1, -0.05) is 11.6 Å². The minimum atomic E-state index is -0.666. The van der Waals surface area contributed by atoms with Crippen LogP contribution in [0.2, 0.25) is 5.02 Å². The average Bonchev–Trinajstić information content (AvgIpc) is 3.22. The standard InChI is InChI=1S/C18H12ClFN2O2S/c19-12-2-3-13(14(20)8-12)17(23)22-18-21-15(9-25-18)10-1-4-16-11(7-10)5-6-24-16/h1-4,7-9H,5-6H2,(H,21,22,23). The van der Waals surface area contributed by atoms with E-state index < -0.39 is 11.7 Å². The summed E-state index contributed by atoms with van der Waals surface area (Å²) >= 11 is 6.99. The van der Waals surface area contributed by atoms with Crippen molar-refractivity contribution in [3.8, 4) is 17.0 Å². The summed E-state index contributed by atoms with van der Waals surface area (Å²) in [6.45, 7) is 0.698. The number of aromatic nitrogens is 1. The first-order valence-corrected chi connectivity index (χ1v) is 8.84. The fourth-order valence-corrected chi connectivity index (χ4v) is 3.52. The first-order chi connectivity index (χ1) is 12.1. The number of amides is 1. The second-order valence-corrected chi connectivity index (χ2v) is 6.83. The molecule has 25 heavy (non-hydrogen) atoms. The highest BCUT2D eigenvalue weighted by atomic mass is 35.5. The van der Waals surface area contributed by atoms with E-state index in [1.807, 2.05) is 23.6 Å². The van der Waals surface area contributed by atoms with Gasteiger partial charge in [-0.2, -0.15) is 0 Å². The molecular formula is C18H12ClFN2O2S. The highest BCUT2D eigenvalue weighted by Crippen LogP contribution is 2.32. The predicted octanol–water partition coefficient (Wildman–Crippen LogP) is 4.79. The van der Waals surface area contributed by atoms with E-state index in [1.165, 1.54) is 23.5 Å². The number of nitrogens with one attached hydrogen (secondary N) is 1. The SMILES string of the molecule is O=C(Nc1nc(-c2ccc3c(c2)CCO3)cs1)c1ccc(Cl)cc1F. The third-order valence-corrected chi connectivity index (χ3v) is 4.88. The molecule has 2 heterocycles. The first-order valence-electron chi connectivity index (χ1n) is 7.58. The lowest BCUT2D eigenvalue weighted by Gasteiger charge is -2.04. The Balaban J connectivity index is 1.54. The van der Waals surface area contributed by atoms with Gasteiger partial charge in [0.2, 0.25) is 0 Å². The van der Waals surface area contributed by atoms with Crippen molar-refractivity contribution in [2.45, 2.75) is 6.42 Å². The summed E-state index contributed by atoms with van der Waals surface area (Å²) in [5.74, 6) is -0.316. The highest BCUT2D eigenvalue weighted by molar-refractivity contribution is 7.14. The van der Waals surface area contributed by atoms with E-state index >= 15 is 0 Å². The van der Waals surface area contributed by atoms with Crippen LogP contribution in [0.5, 0.6) is 5.75 Å². The van der Waals surface area contributed by atoms with Gasteiger partial charge in [-0.05, 0) is 42.0 Å². The first kappa shape index (κ1) is 16.1. The molecule has 0 aliphatic carbocycles. The van der Waals surface area contributed by atoms with Gasteiger partial charge in [-0.15, -0.1) is 11.3 Å². The summed E-state index contributed by atoms with van der Waals surface area (Å²) in [7, 11) is 0. The molecule has 1 aromatic heterocycles. The molecule has 7 heteroatoms. The molecule has 0 saturated carbocycles. The number of benzene rings is 2. The molecule has 1 amide bonds. The normalized spacial score (nSPS) is 12.6. The van der Waals surface area contributed by atoms with Crippen molar-refractivity contribution in [1.29, 1.82) is 0 Å². The number of halogens is 2. The lowest BCUT2D eigenvalue weighted by Crippen LogP contribution is -2.13. The van der Waals surface area contributed by atoms with Gasteiger partial charge in [0, 0.05) is 22.4 Å². The monoisotopic (exact) mass is 374 g/mol. The Kier molecular flexibility index (Phi) is 4.15. The summed E-state index contributed by atoms with van der Waals surface area (Å²) in [5, 5.41) is 5.12. The molecule has 0 spiro atoms. The maximum Gasteiger partial charge on any atom is 0.260 e. The van der Waals surface area contributed by atoms with Crippen LogP contribution >= 0.6 is 22.9 Å². The Hall–Kier alpha value is -2.44. The lowest BCUT2D eigenvalue weighted by atomic mass is 10.1. The molecule has 126 valence electrons. The predicted molar refractivity (Wildman–Crippen MR) is 96.1 cm³/mol. The molecule has 4 nitrogen and oxygen atoms in total. The third-order valence-electron chi connectivity index (χ3n) is 3.89. The van der Waals surface area contributed by atoms with Crippen molar-refractivity contribution in [1.82, 2.24) is 4.98 Å². The van der Waals surface area contributed by atoms with E-state index in [-0.39, 0.29) is 10.6 Å². The average molecular weight is 375 g/mol. The van der Waals surface area contributed by atoms with Crippen LogP contribution in [0.1, 0.15) is 15.9 Å². The Labute approximate surface area is 152 Å². The highest BCUT2D eigenvalue weighted by Gasteiger charge is 2.16. The lowest BCUT2D eigenvalue weighted by molar-refractivity contribution is 0.102. The number of ether oxygens (including phenoxy) is 1. The second-order valence-electron chi connectivity index (χ2n) is 5.54. The number of rotatable bonds is 3. The van der Waals surface area contributed by atoms with Crippen LogP contribution < -0.4 is 10.1 Å². The van der Waals surface area contributed by atoms with Gasteiger partial charge in [-0.3, -0.25) is 10.1 Å². The summed E-state index contributed by atoms with van der Waals surface area (Å²) in [4.78, 5) is 16.6. The van der Waals surface area contributed by atoms with E-state index in [0.29, 0.717) is 11.7 Å². The Bertz CT molecular complexity index is 973. The smallest absolute Gasteiger partial charge is 0.260 e. The summed E-state index contributed by atoms with van der Waals surface area (Å²) in [5.41, 5.74) is 2.79. The van der Waals surface area contributed by atoms with Crippen LogP contribution in [-0.2, 0) is 6.42 Å². The van der Waals surface area contributed by atoms with Crippen LogP contribution in [0.15, 0.2) is 41.8 Å². The van der Waals surface area contributed by atoms with Crippen molar-refractivity contribution in [2.75, 3.05) is 11.9 Å². The number of nitrogens with zero attached hydrogens (tertiary/aromatic N) is 1. The van der Waals surface area contributed by atoms with Gasteiger partial charge >= 0.3 is 0 Å². The van der Waals surface area contributed by atoms with Gasteiger partial charge in [0.05, 0.1) is 17.9 Å². The quantitative estimate of drug-likeness (QED) is 0.717. The van der Waals surface area contributed by atoms with E-state index in [9.17, 15) is 9.18 Å². The zero-order valence-corrected chi connectivity index (χ0v) is 14.5. The van der Waals surface area contributed by atoms with Crippen molar-refractivity contribution in [2.24, 2.45) is 0 Å². The molecule has 0 fully saturated rings. The van der Waals surface area contributed by atoms with Crippen LogP contribution in [0, 0.1) is 5.82 Å². The van der Waals surface area contributed by atoms with Crippen LogP contribution in [0.4, 0.5) is 9.52 Å². The van der Waals surface area contributed by atoms with Crippen molar-refractivity contribution < 1.29 is 13.9 Å². The number of thiazole rings is 1. The molecule has 0 saturated heterocycles. The topological polar surface area (TPSA) is 51.2 Å². The fourth-order valence-electron chi connectivity index (χ4n) is 2.65. The molecule has 4 rings (SSSR count). The maximum absolute atomic E-state index is 13.8. The molecule has 3 aromatic rings. The summed E-state index contributed by atoms with van der Waals surface area (Å²) in [6, 6.07) is 9.84. The molecular weight excluding hydrogens is 363 g/mol. The Morgan fingerprint density at radius 2 is 2.16 bits per heavy atom. The molecule has 1 aliphatic rings. The van der Waals surface area contributed by atoms with Crippen molar-refractivity contribution in [3.05, 3.63) is 63.7 Å². The Morgan fingerprint density at radius 3 is 3.00 bits per heavy atom. The number of hydrogen-bond donors (Lipinski definition) is 1. The fraction of sp³-hybridized carbons (Fsp3) is 0.111. The third kappa shape index (κ3) is 3.23. The van der Waals surface area contributed by atoms with Crippen molar-refractivity contribution >= 4 is 34.0 Å². The van der Waals surface area contributed by atoms with Gasteiger partial charge in [-0.25, -0.2) is 9.37 Å². The minimum absolute atomic E-state index is 0.0733. The number of carbonyl (C=O) groups is 1. The minimum Gasteiger partial charge on any atom is -0.493 e. The summed E-state index contributed by atoms with van der Waals surface area (Å²) in [6.07, 6.45) is 0.882. The number of fused-ring (bicyclic) bond motifs is 1. The summed E-state index contributed by atoms with van der Waals surface area (Å²) < 4.78 is 19.3. The maximum atomic E-state index is 13.8. The van der Waals surface area contributed by atoms with E-state index in [4.69, 9.17) is 16.3 Å². The van der Waals surface area contributed by atoms with E-state index in [0.717, 1.165) is 35.1 Å². The molecule has 0 atom stereocenters. The largest absolute Gasteiger partial charge is 0.493 e. The van der Waals surface area contributed by atoms with Gasteiger partial charge in [0.25, 0.3) is 5.91 Å². The molecule has 1 aliphatic heterocycles. The molecule has 2 aromatic carbocycles. The van der Waals surface area contributed by atoms with Crippen LogP contribution in [-0.4, -0.2) is 17.5 Å². The van der Waals surface area contributed by atoms with Gasteiger partial charge in [0.15, 0.2) is 5.13 Å². The number of carbonyl (C=O) groups excluding carboxylic acids is 1. The number of anilines is 1. The zero-order valence-electron chi connectivity index (χ0n) is 12.9. The second kappa shape index (κ2) is 6.46. The van der Waals surface area contributed by atoms with Gasteiger partial charge < -0.3 is 4.74 Å². The number of hydrogen-bond acceptors (Lipinski definition) is 4. The Morgan fingerprint density at radius 1 is 1.28 bits per heavy atom. The molecule has 1 N–H and O–H groups in total. The molecule has 0 radical (unpaired) electrons. The zero-order chi connectivity index (χ0) is 17.4. The molecule has 0 unspecified atom stereocenters.